The standard InChI is InChI=1S/C9H17NO3/c1-5-6(2)13-8(4-12)9(10)7(5)3-11/h3,5-9,12H,4,10H2,1-2H3/t5-,6?,7-,8+,9?/m1/s1. The van der Waals surface area contributed by atoms with Crippen molar-refractivity contribution in [1.29, 1.82) is 0 Å². The Kier molecular flexibility index (Phi) is 3.41. The maximum atomic E-state index is 10.8. The molecule has 4 nitrogen and oxygen atoms in total. The van der Waals surface area contributed by atoms with Crippen molar-refractivity contribution in [3.05, 3.63) is 0 Å². The molecular formula is C9H17NO3. The maximum Gasteiger partial charge on any atom is 0.125 e. The molecule has 0 amide bonds. The lowest BCUT2D eigenvalue weighted by Crippen LogP contribution is -2.55. The van der Waals surface area contributed by atoms with Gasteiger partial charge in [0.05, 0.1) is 18.8 Å². The van der Waals surface area contributed by atoms with Crippen molar-refractivity contribution in [2.24, 2.45) is 17.6 Å². The first-order chi connectivity index (χ1) is 6.11. The third-order valence-corrected chi connectivity index (χ3v) is 2.95. The van der Waals surface area contributed by atoms with Crippen LogP contribution in [-0.4, -0.2) is 36.2 Å². The quantitative estimate of drug-likeness (QED) is 0.574. The van der Waals surface area contributed by atoms with Gasteiger partial charge in [-0.25, -0.2) is 0 Å². The molecule has 13 heavy (non-hydrogen) atoms. The summed E-state index contributed by atoms with van der Waals surface area (Å²) in [4.78, 5) is 10.8. The highest BCUT2D eigenvalue weighted by Crippen LogP contribution is 2.28. The summed E-state index contributed by atoms with van der Waals surface area (Å²) in [6.45, 7) is 3.72. The van der Waals surface area contributed by atoms with E-state index in [0.29, 0.717) is 0 Å². The molecule has 4 heteroatoms. The summed E-state index contributed by atoms with van der Waals surface area (Å²) in [7, 11) is 0. The Morgan fingerprint density at radius 2 is 2.15 bits per heavy atom. The number of nitrogens with two attached hydrogens (primary N) is 1. The minimum Gasteiger partial charge on any atom is -0.394 e. The van der Waals surface area contributed by atoms with Gasteiger partial charge in [-0.1, -0.05) is 6.92 Å². The molecule has 0 radical (unpaired) electrons. The Morgan fingerprint density at radius 1 is 1.54 bits per heavy atom. The van der Waals surface area contributed by atoms with E-state index in [1.807, 2.05) is 13.8 Å². The SMILES string of the molecule is CC1O[C@@H](CO)C(N)[C@H](C=O)[C@@H]1C. The van der Waals surface area contributed by atoms with Crippen molar-refractivity contribution in [2.75, 3.05) is 6.61 Å². The largest absolute Gasteiger partial charge is 0.394 e. The van der Waals surface area contributed by atoms with E-state index in [2.05, 4.69) is 0 Å². The highest BCUT2D eigenvalue weighted by atomic mass is 16.5. The zero-order valence-corrected chi connectivity index (χ0v) is 8.01. The Morgan fingerprint density at radius 3 is 2.62 bits per heavy atom. The molecular weight excluding hydrogens is 170 g/mol. The van der Waals surface area contributed by atoms with Crippen molar-refractivity contribution in [3.8, 4) is 0 Å². The van der Waals surface area contributed by atoms with E-state index < -0.39 is 6.10 Å². The van der Waals surface area contributed by atoms with E-state index in [0.717, 1.165) is 6.29 Å². The van der Waals surface area contributed by atoms with Crippen LogP contribution < -0.4 is 5.73 Å². The van der Waals surface area contributed by atoms with Crippen LogP contribution in [0, 0.1) is 11.8 Å². The number of hydrogen-bond acceptors (Lipinski definition) is 4. The van der Waals surface area contributed by atoms with Crippen LogP contribution in [0.5, 0.6) is 0 Å². The summed E-state index contributed by atoms with van der Waals surface area (Å²) in [5.41, 5.74) is 5.78. The average molecular weight is 187 g/mol. The van der Waals surface area contributed by atoms with Crippen LogP contribution in [0.3, 0.4) is 0 Å². The summed E-state index contributed by atoms with van der Waals surface area (Å²) in [5, 5.41) is 8.96. The lowest BCUT2D eigenvalue weighted by Gasteiger charge is -2.40. The van der Waals surface area contributed by atoms with Gasteiger partial charge in [-0.3, -0.25) is 0 Å². The first kappa shape index (κ1) is 10.6. The highest BCUT2D eigenvalue weighted by Gasteiger charge is 2.39. The lowest BCUT2D eigenvalue weighted by molar-refractivity contribution is -0.139. The van der Waals surface area contributed by atoms with E-state index >= 15 is 0 Å². The van der Waals surface area contributed by atoms with Crippen LogP contribution in [0.4, 0.5) is 0 Å². The summed E-state index contributed by atoms with van der Waals surface area (Å²) in [6.07, 6.45) is 0.449. The fourth-order valence-corrected chi connectivity index (χ4v) is 1.78. The van der Waals surface area contributed by atoms with Crippen molar-refractivity contribution in [3.63, 3.8) is 0 Å². The molecule has 76 valence electrons. The molecule has 2 unspecified atom stereocenters. The van der Waals surface area contributed by atoms with Gasteiger partial charge in [-0.15, -0.1) is 0 Å². The summed E-state index contributed by atoms with van der Waals surface area (Å²) >= 11 is 0. The minimum atomic E-state index is -0.401. The molecule has 0 spiro atoms. The van der Waals surface area contributed by atoms with Gasteiger partial charge in [0.2, 0.25) is 0 Å². The van der Waals surface area contributed by atoms with Crippen LogP contribution in [0.15, 0.2) is 0 Å². The van der Waals surface area contributed by atoms with E-state index in [-0.39, 0.29) is 30.6 Å². The smallest absolute Gasteiger partial charge is 0.125 e. The lowest BCUT2D eigenvalue weighted by atomic mass is 9.80. The number of aliphatic hydroxyl groups is 1. The number of hydrogen-bond donors (Lipinski definition) is 2. The number of aliphatic hydroxyl groups excluding tert-OH is 1. The normalized spacial score (nSPS) is 46.0. The number of ether oxygens (including phenoxy) is 1. The molecule has 1 aliphatic heterocycles. The van der Waals surface area contributed by atoms with Gasteiger partial charge in [0.1, 0.15) is 6.29 Å². The van der Waals surface area contributed by atoms with Crippen LogP contribution in [0.25, 0.3) is 0 Å². The average Bonchev–Trinajstić information content (AvgIpc) is 2.12. The highest BCUT2D eigenvalue weighted by molar-refractivity contribution is 5.56. The van der Waals surface area contributed by atoms with Gasteiger partial charge in [0.15, 0.2) is 0 Å². The molecule has 0 saturated carbocycles. The summed E-state index contributed by atoms with van der Waals surface area (Å²) in [5.74, 6) is -0.0869. The van der Waals surface area contributed by atoms with E-state index in [9.17, 15) is 4.79 Å². The minimum absolute atomic E-state index is 0.0212. The van der Waals surface area contributed by atoms with Crippen LogP contribution in [-0.2, 0) is 9.53 Å². The van der Waals surface area contributed by atoms with Gasteiger partial charge in [0.25, 0.3) is 0 Å². The molecule has 0 bridgehead atoms. The molecule has 0 aromatic heterocycles. The third-order valence-electron chi connectivity index (χ3n) is 2.95. The van der Waals surface area contributed by atoms with Gasteiger partial charge in [-0.05, 0) is 12.8 Å². The zero-order valence-electron chi connectivity index (χ0n) is 8.01. The molecule has 1 saturated heterocycles. The second-order valence-electron chi connectivity index (χ2n) is 3.71. The monoisotopic (exact) mass is 187 g/mol. The second kappa shape index (κ2) is 4.17. The molecule has 1 heterocycles. The first-order valence-electron chi connectivity index (χ1n) is 4.59. The number of carbonyl (C=O) groups excluding carboxylic acids is 1. The summed E-state index contributed by atoms with van der Waals surface area (Å²) in [6, 6.07) is -0.381. The maximum absolute atomic E-state index is 10.8. The number of aldehydes is 1. The number of carbonyl (C=O) groups is 1. The topological polar surface area (TPSA) is 72.6 Å². The number of rotatable bonds is 2. The first-order valence-corrected chi connectivity index (χ1v) is 4.59. The predicted octanol–water partition coefficient (Wildman–Crippen LogP) is -0.456. The van der Waals surface area contributed by atoms with Crippen molar-refractivity contribution in [1.82, 2.24) is 0 Å². The van der Waals surface area contributed by atoms with E-state index in [4.69, 9.17) is 15.6 Å². The zero-order chi connectivity index (χ0) is 10.0. The molecule has 3 N–H and O–H groups in total. The molecule has 0 aromatic rings. The summed E-state index contributed by atoms with van der Waals surface area (Å²) < 4.78 is 5.46. The van der Waals surface area contributed by atoms with E-state index in [1.54, 1.807) is 0 Å². The van der Waals surface area contributed by atoms with Crippen molar-refractivity contribution < 1.29 is 14.6 Å². The molecule has 0 aliphatic carbocycles. The van der Waals surface area contributed by atoms with Crippen molar-refractivity contribution in [2.45, 2.75) is 32.1 Å². The van der Waals surface area contributed by atoms with Gasteiger partial charge in [0, 0.05) is 12.0 Å². The third kappa shape index (κ3) is 1.90. The fraction of sp³-hybridized carbons (Fsp3) is 0.889. The fourth-order valence-electron chi connectivity index (χ4n) is 1.78. The molecule has 5 atom stereocenters. The van der Waals surface area contributed by atoms with Crippen LogP contribution >= 0.6 is 0 Å². The Labute approximate surface area is 78.1 Å². The van der Waals surface area contributed by atoms with Gasteiger partial charge < -0.3 is 20.4 Å². The van der Waals surface area contributed by atoms with Crippen LogP contribution in [0.1, 0.15) is 13.8 Å². The Bertz CT molecular complexity index is 186. The molecule has 1 rings (SSSR count). The van der Waals surface area contributed by atoms with E-state index in [1.165, 1.54) is 0 Å². The van der Waals surface area contributed by atoms with Gasteiger partial charge >= 0.3 is 0 Å². The molecule has 1 fully saturated rings. The Hall–Kier alpha value is -0.450. The Balaban J connectivity index is 2.74. The van der Waals surface area contributed by atoms with Crippen LogP contribution in [0.2, 0.25) is 0 Å². The van der Waals surface area contributed by atoms with Gasteiger partial charge in [-0.2, -0.15) is 0 Å². The van der Waals surface area contributed by atoms with Crippen molar-refractivity contribution >= 4 is 6.29 Å². The second-order valence-corrected chi connectivity index (χ2v) is 3.71. The molecule has 0 aromatic carbocycles. The molecule has 1 aliphatic rings. The predicted molar refractivity (Wildman–Crippen MR) is 48.1 cm³/mol.